The number of para-hydroxylation sites is 1. The number of rotatable bonds is 4. The van der Waals surface area contributed by atoms with Gasteiger partial charge in [-0.25, -0.2) is 4.68 Å². The fourth-order valence-electron chi connectivity index (χ4n) is 4.43. The van der Waals surface area contributed by atoms with Gasteiger partial charge >= 0.3 is 0 Å². The summed E-state index contributed by atoms with van der Waals surface area (Å²) in [5, 5.41) is 7.82. The van der Waals surface area contributed by atoms with Crippen LogP contribution in [-0.4, -0.2) is 45.6 Å². The smallest absolute Gasteiger partial charge is 0.274 e. The Morgan fingerprint density at radius 2 is 1.75 bits per heavy atom. The van der Waals surface area contributed by atoms with Crippen molar-refractivity contribution in [3.05, 3.63) is 47.3 Å². The van der Waals surface area contributed by atoms with E-state index in [0.717, 1.165) is 56.2 Å². The highest BCUT2D eigenvalue weighted by Crippen LogP contribution is 2.30. The number of piperidine rings is 1. The molecule has 6 nitrogen and oxygen atoms in total. The van der Waals surface area contributed by atoms with Gasteiger partial charge in [-0.05, 0) is 57.1 Å². The number of nitrogens with one attached hydrogen (secondary N) is 1. The third kappa shape index (κ3) is 3.21. The monoisotopic (exact) mass is 378 g/mol. The van der Waals surface area contributed by atoms with Crippen LogP contribution in [0.4, 0.5) is 0 Å². The highest BCUT2D eigenvalue weighted by molar-refractivity contribution is 5.94. The van der Waals surface area contributed by atoms with E-state index in [1.165, 1.54) is 5.69 Å². The van der Waals surface area contributed by atoms with Crippen LogP contribution in [0.3, 0.4) is 0 Å². The minimum atomic E-state index is 0.0221. The lowest BCUT2D eigenvalue weighted by molar-refractivity contribution is -0.126. The predicted octanol–water partition coefficient (Wildman–Crippen LogP) is 2.49. The van der Waals surface area contributed by atoms with Gasteiger partial charge in [-0.2, -0.15) is 5.10 Å². The molecule has 2 aliphatic carbocycles. The van der Waals surface area contributed by atoms with Gasteiger partial charge < -0.3 is 10.2 Å². The first-order valence-electron chi connectivity index (χ1n) is 10.5. The average molecular weight is 378 g/mol. The molecule has 1 saturated carbocycles. The molecule has 5 rings (SSSR count). The van der Waals surface area contributed by atoms with Crippen LogP contribution in [0.15, 0.2) is 30.3 Å². The molecule has 1 saturated heterocycles. The van der Waals surface area contributed by atoms with E-state index < -0.39 is 0 Å². The zero-order valence-corrected chi connectivity index (χ0v) is 16.1. The molecule has 2 heterocycles. The number of carbonyl (C=O) groups is 2. The lowest BCUT2D eigenvalue weighted by atomic mass is 9.95. The van der Waals surface area contributed by atoms with Crippen molar-refractivity contribution in [2.75, 3.05) is 13.1 Å². The molecular weight excluding hydrogens is 352 g/mol. The Morgan fingerprint density at radius 1 is 1.00 bits per heavy atom. The fraction of sp³-hybridized carbons (Fsp3) is 0.500. The number of aromatic nitrogens is 2. The lowest BCUT2D eigenvalue weighted by Gasteiger charge is -2.31. The Morgan fingerprint density at radius 3 is 2.46 bits per heavy atom. The second-order valence-corrected chi connectivity index (χ2v) is 8.22. The number of hydrogen-bond donors (Lipinski definition) is 1. The van der Waals surface area contributed by atoms with E-state index in [1.54, 1.807) is 0 Å². The molecule has 0 unspecified atom stereocenters. The van der Waals surface area contributed by atoms with Gasteiger partial charge in [-0.15, -0.1) is 0 Å². The van der Waals surface area contributed by atoms with E-state index in [0.29, 0.717) is 24.8 Å². The number of benzene rings is 1. The highest BCUT2D eigenvalue weighted by Gasteiger charge is 2.34. The number of fused-ring (bicyclic) bond motifs is 1. The van der Waals surface area contributed by atoms with Crippen molar-refractivity contribution >= 4 is 11.8 Å². The van der Waals surface area contributed by atoms with E-state index in [4.69, 9.17) is 5.10 Å². The molecule has 28 heavy (non-hydrogen) atoms. The number of carbonyl (C=O) groups excluding carboxylic acids is 2. The quantitative estimate of drug-likeness (QED) is 0.889. The number of likely N-dealkylation sites (tertiary alicyclic amines) is 1. The van der Waals surface area contributed by atoms with Crippen molar-refractivity contribution in [3.8, 4) is 5.69 Å². The third-order valence-corrected chi connectivity index (χ3v) is 6.21. The van der Waals surface area contributed by atoms with Crippen molar-refractivity contribution in [2.24, 2.45) is 5.92 Å². The summed E-state index contributed by atoms with van der Waals surface area (Å²) in [5.41, 5.74) is 3.91. The Kier molecular flexibility index (Phi) is 4.41. The molecule has 2 aromatic rings. The van der Waals surface area contributed by atoms with Crippen molar-refractivity contribution in [2.45, 2.75) is 51.0 Å². The molecule has 0 spiro atoms. The Hall–Kier alpha value is -2.63. The summed E-state index contributed by atoms with van der Waals surface area (Å²) >= 11 is 0. The van der Waals surface area contributed by atoms with Crippen molar-refractivity contribution < 1.29 is 9.59 Å². The second kappa shape index (κ2) is 7.08. The van der Waals surface area contributed by atoms with E-state index in [2.05, 4.69) is 5.32 Å². The van der Waals surface area contributed by atoms with Gasteiger partial charge in [0.05, 0.1) is 5.69 Å². The number of nitrogens with zero attached hydrogens (tertiary/aromatic N) is 3. The van der Waals surface area contributed by atoms with Crippen LogP contribution in [0.5, 0.6) is 0 Å². The molecule has 1 N–H and O–H groups in total. The minimum Gasteiger partial charge on any atom is -0.353 e. The van der Waals surface area contributed by atoms with Gasteiger partial charge in [0, 0.05) is 36.3 Å². The first-order chi connectivity index (χ1) is 13.7. The van der Waals surface area contributed by atoms with E-state index >= 15 is 0 Å². The second-order valence-electron chi connectivity index (χ2n) is 8.22. The van der Waals surface area contributed by atoms with Gasteiger partial charge in [-0.3, -0.25) is 9.59 Å². The minimum absolute atomic E-state index is 0.0221. The third-order valence-electron chi connectivity index (χ3n) is 6.21. The predicted molar refractivity (Wildman–Crippen MR) is 105 cm³/mol. The summed E-state index contributed by atoms with van der Waals surface area (Å²) in [6.45, 7) is 1.27. The van der Waals surface area contributed by atoms with Gasteiger partial charge in [0.25, 0.3) is 5.91 Å². The molecule has 1 aromatic heterocycles. The summed E-state index contributed by atoms with van der Waals surface area (Å²) < 4.78 is 1.95. The average Bonchev–Trinajstić information content (AvgIpc) is 3.28. The Balaban J connectivity index is 1.32. The highest BCUT2D eigenvalue weighted by atomic mass is 16.2. The largest absolute Gasteiger partial charge is 0.353 e. The van der Waals surface area contributed by atoms with Crippen molar-refractivity contribution in [1.82, 2.24) is 20.0 Å². The number of hydrogen-bond acceptors (Lipinski definition) is 3. The molecule has 3 aliphatic rings. The maximum atomic E-state index is 13.2. The van der Waals surface area contributed by atoms with Crippen LogP contribution < -0.4 is 5.32 Å². The molecule has 146 valence electrons. The molecule has 6 heteroatoms. The number of amides is 2. The molecular formula is C22H26N4O2. The maximum absolute atomic E-state index is 13.2. The van der Waals surface area contributed by atoms with Gasteiger partial charge in [0.1, 0.15) is 0 Å². The van der Waals surface area contributed by atoms with Gasteiger partial charge in [-0.1, -0.05) is 18.2 Å². The van der Waals surface area contributed by atoms with Crippen LogP contribution in [0.25, 0.3) is 5.69 Å². The normalized spacial score (nSPS) is 19.5. The molecule has 0 atom stereocenters. The first kappa shape index (κ1) is 17.5. The standard InChI is InChI=1S/C22H26N4O2/c27-21(23-16-9-10-16)15-11-13-25(14-12-15)22(28)20-18-7-4-8-19(18)26(24-20)17-5-2-1-3-6-17/h1-3,5-6,15-16H,4,7-14H2,(H,23,27). The van der Waals surface area contributed by atoms with Crippen molar-refractivity contribution in [3.63, 3.8) is 0 Å². The molecule has 2 fully saturated rings. The summed E-state index contributed by atoms with van der Waals surface area (Å²) in [7, 11) is 0. The Labute approximate surface area is 164 Å². The van der Waals surface area contributed by atoms with E-state index in [9.17, 15) is 9.59 Å². The van der Waals surface area contributed by atoms with Crippen molar-refractivity contribution in [1.29, 1.82) is 0 Å². The van der Waals surface area contributed by atoms with Crippen LogP contribution >= 0.6 is 0 Å². The van der Waals surface area contributed by atoms with Crippen LogP contribution in [-0.2, 0) is 17.6 Å². The fourth-order valence-corrected chi connectivity index (χ4v) is 4.43. The zero-order chi connectivity index (χ0) is 19.1. The maximum Gasteiger partial charge on any atom is 0.274 e. The van der Waals surface area contributed by atoms with Crippen LogP contribution in [0.2, 0.25) is 0 Å². The lowest BCUT2D eigenvalue weighted by Crippen LogP contribution is -2.43. The molecule has 1 aromatic carbocycles. The molecule has 1 aliphatic heterocycles. The molecule has 2 amide bonds. The molecule has 0 radical (unpaired) electrons. The topological polar surface area (TPSA) is 67.2 Å². The van der Waals surface area contributed by atoms with E-state index in [-0.39, 0.29) is 17.7 Å². The molecule has 0 bridgehead atoms. The summed E-state index contributed by atoms with van der Waals surface area (Å²) in [6, 6.07) is 10.4. The summed E-state index contributed by atoms with van der Waals surface area (Å²) in [6.07, 6.45) is 6.66. The Bertz CT molecular complexity index is 893. The first-order valence-corrected chi connectivity index (χ1v) is 10.5. The SMILES string of the molecule is O=C(NC1CC1)C1CCN(C(=O)c2nn(-c3ccccc3)c3c2CCC3)CC1. The van der Waals surface area contributed by atoms with Gasteiger partial charge in [0.15, 0.2) is 5.69 Å². The summed E-state index contributed by atoms with van der Waals surface area (Å²) in [5.74, 6) is 0.231. The van der Waals surface area contributed by atoms with E-state index in [1.807, 2.05) is 39.9 Å². The zero-order valence-electron chi connectivity index (χ0n) is 16.1. The van der Waals surface area contributed by atoms with Gasteiger partial charge in [0.2, 0.25) is 5.91 Å². The van der Waals surface area contributed by atoms with Crippen LogP contribution in [0, 0.1) is 5.92 Å². The summed E-state index contributed by atoms with van der Waals surface area (Å²) in [4.78, 5) is 27.4. The van der Waals surface area contributed by atoms with Crippen LogP contribution in [0.1, 0.15) is 53.8 Å².